The number of nitrogens with two attached hydrogens (primary N) is 2. The summed E-state index contributed by atoms with van der Waals surface area (Å²) in [6.07, 6.45) is 0.542. The minimum Gasteiger partial charge on any atom is -0.435 e. The van der Waals surface area contributed by atoms with Crippen molar-refractivity contribution >= 4 is 5.78 Å². The van der Waals surface area contributed by atoms with E-state index in [0.29, 0.717) is 11.1 Å². The van der Waals surface area contributed by atoms with Crippen LogP contribution < -0.4 is 20.9 Å². The number of carbonyl (C=O) groups is 1. The molecule has 0 heterocycles. The average Bonchev–Trinajstić information content (AvgIpc) is 2.71. The van der Waals surface area contributed by atoms with Crippen LogP contribution >= 0.6 is 0 Å². The van der Waals surface area contributed by atoms with Gasteiger partial charge >= 0.3 is 13.2 Å². The molecular weight excluding hydrogens is 404 g/mol. The number of hydrogen-bond acceptors (Lipinski definition) is 5. The Labute approximate surface area is 172 Å². The number of alkyl halides is 4. The second-order valence-corrected chi connectivity index (χ2v) is 6.59. The van der Waals surface area contributed by atoms with E-state index in [2.05, 4.69) is 9.47 Å². The van der Waals surface area contributed by atoms with Gasteiger partial charge < -0.3 is 20.9 Å². The van der Waals surface area contributed by atoms with Gasteiger partial charge in [0.05, 0.1) is 0 Å². The first-order valence-electron chi connectivity index (χ1n) is 9.37. The molecule has 0 bridgehead atoms. The van der Waals surface area contributed by atoms with E-state index in [1.807, 2.05) is 0 Å². The Bertz CT molecular complexity index is 779. The summed E-state index contributed by atoms with van der Waals surface area (Å²) in [6.45, 7) is -5.52. The number of halogens is 4. The van der Waals surface area contributed by atoms with E-state index in [9.17, 15) is 22.4 Å². The maximum atomic E-state index is 12.6. The number of benzene rings is 2. The second kappa shape index (κ2) is 11.5. The molecule has 0 aliphatic rings. The summed E-state index contributed by atoms with van der Waals surface area (Å²) in [7, 11) is 0. The van der Waals surface area contributed by atoms with Crippen molar-refractivity contribution in [1.29, 1.82) is 0 Å². The number of ether oxygens (including phenoxy) is 2. The molecule has 0 radical (unpaired) electrons. The molecule has 4 N–H and O–H groups in total. The van der Waals surface area contributed by atoms with Gasteiger partial charge in [0.25, 0.3) is 0 Å². The largest absolute Gasteiger partial charge is 0.435 e. The Morgan fingerprint density at radius 1 is 0.767 bits per heavy atom. The summed E-state index contributed by atoms with van der Waals surface area (Å²) in [5.41, 5.74) is 13.5. The van der Waals surface area contributed by atoms with Crippen LogP contribution in [0.2, 0.25) is 0 Å². The number of carbonyl (C=O) groups excluding carboxylic acids is 1. The highest BCUT2D eigenvalue weighted by atomic mass is 19.3. The first-order chi connectivity index (χ1) is 14.3. The van der Waals surface area contributed by atoms with Crippen LogP contribution in [0, 0.1) is 0 Å². The van der Waals surface area contributed by atoms with Gasteiger partial charge in [-0.2, -0.15) is 17.6 Å². The molecule has 0 fully saturated rings. The first-order valence-corrected chi connectivity index (χ1v) is 9.37. The highest BCUT2D eigenvalue weighted by Gasteiger charge is 2.14. The fourth-order valence-electron chi connectivity index (χ4n) is 3.01. The van der Waals surface area contributed by atoms with Crippen LogP contribution in [0.15, 0.2) is 36.4 Å². The van der Waals surface area contributed by atoms with E-state index in [4.69, 9.17) is 11.5 Å². The Kier molecular flexibility index (Phi) is 9.07. The summed E-state index contributed by atoms with van der Waals surface area (Å²) in [4.78, 5) is 12.3. The summed E-state index contributed by atoms with van der Waals surface area (Å²) in [5, 5.41) is 0. The fourth-order valence-corrected chi connectivity index (χ4v) is 3.01. The predicted molar refractivity (Wildman–Crippen MR) is 104 cm³/mol. The van der Waals surface area contributed by atoms with E-state index in [-0.39, 0.29) is 56.1 Å². The lowest BCUT2D eigenvalue weighted by molar-refractivity contribution is -0.119. The van der Waals surface area contributed by atoms with Crippen molar-refractivity contribution in [3.05, 3.63) is 58.7 Å². The van der Waals surface area contributed by atoms with Crippen molar-refractivity contribution in [3.8, 4) is 11.5 Å². The van der Waals surface area contributed by atoms with Gasteiger partial charge in [-0.05, 0) is 47.2 Å². The molecule has 30 heavy (non-hydrogen) atoms. The number of Topliss-reactive ketones (excluding diaryl/α,β-unsaturated/α-hetero) is 1. The van der Waals surface area contributed by atoms with Crippen LogP contribution in [0.25, 0.3) is 0 Å². The van der Waals surface area contributed by atoms with E-state index in [0.717, 1.165) is 11.1 Å². The Morgan fingerprint density at radius 3 is 1.50 bits per heavy atom. The van der Waals surface area contributed by atoms with Crippen LogP contribution in [0.5, 0.6) is 11.5 Å². The molecule has 0 atom stereocenters. The molecule has 0 aromatic heterocycles. The van der Waals surface area contributed by atoms with Gasteiger partial charge in [0.2, 0.25) is 0 Å². The normalized spacial score (nSPS) is 11.2. The Hall–Kier alpha value is -2.65. The van der Waals surface area contributed by atoms with Crippen LogP contribution in [0.4, 0.5) is 17.6 Å². The van der Waals surface area contributed by atoms with Gasteiger partial charge in [-0.15, -0.1) is 0 Å². The third-order valence-corrected chi connectivity index (χ3v) is 4.50. The van der Waals surface area contributed by atoms with E-state index in [1.165, 1.54) is 12.1 Å². The Morgan fingerprint density at radius 2 is 1.17 bits per heavy atom. The zero-order chi connectivity index (χ0) is 22.1. The van der Waals surface area contributed by atoms with E-state index >= 15 is 0 Å². The van der Waals surface area contributed by atoms with Crippen molar-refractivity contribution in [1.82, 2.24) is 0 Å². The quantitative estimate of drug-likeness (QED) is 0.500. The van der Waals surface area contributed by atoms with E-state index < -0.39 is 13.2 Å². The summed E-state index contributed by atoms with van der Waals surface area (Å²) < 4.78 is 59.4. The van der Waals surface area contributed by atoms with Crippen LogP contribution in [-0.4, -0.2) is 19.0 Å². The third-order valence-electron chi connectivity index (χ3n) is 4.50. The highest BCUT2D eigenvalue weighted by Crippen LogP contribution is 2.26. The van der Waals surface area contributed by atoms with Crippen molar-refractivity contribution in [2.24, 2.45) is 11.5 Å². The summed E-state index contributed by atoms with van der Waals surface area (Å²) in [6, 6.07) is 9.23. The van der Waals surface area contributed by atoms with Crippen LogP contribution in [0.3, 0.4) is 0 Å². The van der Waals surface area contributed by atoms with Gasteiger partial charge in [-0.25, -0.2) is 0 Å². The zero-order valence-corrected chi connectivity index (χ0v) is 16.3. The van der Waals surface area contributed by atoms with Crippen molar-refractivity contribution in [2.45, 2.75) is 52.0 Å². The van der Waals surface area contributed by atoms with Crippen molar-refractivity contribution in [2.75, 3.05) is 0 Å². The van der Waals surface area contributed by atoms with Gasteiger partial charge in [-0.1, -0.05) is 24.3 Å². The molecule has 0 aliphatic carbocycles. The molecule has 0 unspecified atom stereocenters. The second-order valence-electron chi connectivity index (χ2n) is 6.59. The predicted octanol–water partition coefficient (Wildman–Crippen LogP) is 3.94. The third kappa shape index (κ3) is 7.31. The number of hydrogen-bond donors (Lipinski definition) is 2. The summed E-state index contributed by atoms with van der Waals surface area (Å²) in [5.74, 6) is -0.158. The van der Waals surface area contributed by atoms with Crippen LogP contribution in [-0.2, 0) is 30.7 Å². The molecule has 0 aliphatic heterocycles. The molecule has 0 saturated heterocycles. The zero-order valence-electron chi connectivity index (χ0n) is 16.3. The number of aryl methyl sites for hydroxylation is 2. The van der Waals surface area contributed by atoms with Gasteiger partial charge in [0.1, 0.15) is 17.3 Å². The topological polar surface area (TPSA) is 87.6 Å². The average molecular weight is 428 g/mol. The van der Waals surface area contributed by atoms with Gasteiger partial charge in [-0.3, -0.25) is 4.79 Å². The molecule has 2 aromatic rings. The minimum absolute atomic E-state index is 0.00160. The fraction of sp³-hybridized carbons (Fsp3) is 0.381. The molecule has 5 nitrogen and oxygen atoms in total. The molecule has 0 spiro atoms. The highest BCUT2D eigenvalue weighted by molar-refractivity contribution is 5.79. The standard InChI is InChI=1S/C21H24F4N2O3/c22-20(23)29-18-7-1-13(11-26)9-15(18)3-5-17(28)6-4-16-10-14(12-27)2-8-19(16)30-21(24)25/h1-2,7-10,20-21H,3-6,11-12,26-27H2. The lowest BCUT2D eigenvalue weighted by Crippen LogP contribution is -2.09. The van der Waals surface area contributed by atoms with Crippen LogP contribution in [0.1, 0.15) is 35.1 Å². The molecular formula is C21H24F4N2O3. The molecule has 2 rings (SSSR count). The van der Waals surface area contributed by atoms with Crippen molar-refractivity contribution < 1.29 is 31.8 Å². The molecule has 164 valence electrons. The molecule has 0 amide bonds. The molecule has 9 heteroatoms. The maximum Gasteiger partial charge on any atom is 0.387 e. The lowest BCUT2D eigenvalue weighted by Gasteiger charge is -2.13. The number of rotatable bonds is 12. The number of ketones is 1. The molecule has 0 saturated carbocycles. The first kappa shape index (κ1) is 23.6. The lowest BCUT2D eigenvalue weighted by atomic mass is 9.99. The van der Waals surface area contributed by atoms with Gasteiger partial charge in [0.15, 0.2) is 0 Å². The van der Waals surface area contributed by atoms with E-state index in [1.54, 1.807) is 24.3 Å². The van der Waals surface area contributed by atoms with Crippen molar-refractivity contribution in [3.63, 3.8) is 0 Å². The maximum absolute atomic E-state index is 12.6. The molecule has 2 aromatic carbocycles. The SMILES string of the molecule is NCc1ccc(OC(F)F)c(CCC(=O)CCc2cc(CN)ccc2OC(F)F)c1. The Balaban J connectivity index is 2.02. The van der Waals surface area contributed by atoms with Gasteiger partial charge in [0, 0.05) is 25.9 Å². The monoisotopic (exact) mass is 428 g/mol. The minimum atomic E-state index is -2.98. The summed E-state index contributed by atoms with van der Waals surface area (Å²) >= 11 is 0. The smallest absolute Gasteiger partial charge is 0.387 e.